The second-order valence-electron chi connectivity index (χ2n) is 7.22. The number of nitrogens with zero attached hydrogens (tertiary/aromatic N) is 1. The van der Waals surface area contributed by atoms with Crippen LogP contribution in [0, 0.1) is 6.92 Å². The lowest BCUT2D eigenvalue weighted by atomic mass is 9.97. The van der Waals surface area contributed by atoms with Gasteiger partial charge in [-0.25, -0.2) is 9.78 Å². The molecule has 2 N–H and O–H groups in total. The number of hydrogen-bond acceptors (Lipinski definition) is 4. The van der Waals surface area contributed by atoms with Gasteiger partial charge in [0.05, 0.1) is 6.04 Å². The maximum atomic E-state index is 12.2. The Morgan fingerprint density at radius 3 is 2.56 bits per heavy atom. The van der Waals surface area contributed by atoms with Crippen molar-refractivity contribution in [1.82, 2.24) is 10.3 Å². The molecule has 1 aromatic carbocycles. The summed E-state index contributed by atoms with van der Waals surface area (Å²) >= 11 is 0. The van der Waals surface area contributed by atoms with Crippen LogP contribution in [0.15, 0.2) is 39.2 Å². The number of aryl methyl sites for hydroxylation is 1. The van der Waals surface area contributed by atoms with Crippen LogP contribution in [0.3, 0.4) is 0 Å². The van der Waals surface area contributed by atoms with E-state index in [1.54, 1.807) is 12.1 Å². The van der Waals surface area contributed by atoms with E-state index in [9.17, 15) is 4.79 Å². The summed E-state index contributed by atoms with van der Waals surface area (Å²) in [6.45, 7) is 9.87. The normalized spacial score (nSPS) is 13.0. The number of rotatable bonds is 3. The fraction of sp³-hybridized carbons (Fsp3) is 0.368. The third-order valence-corrected chi connectivity index (χ3v) is 3.82. The number of carbonyl (C=O) groups excluding carboxylic acids is 1. The van der Waals surface area contributed by atoms with Gasteiger partial charge in [0, 0.05) is 11.1 Å². The summed E-state index contributed by atoms with van der Waals surface area (Å²) in [6, 6.07) is 8.60. The largest absolute Gasteiger partial charge is 0.464 e. The van der Waals surface area contributed by atoms with E-state index < -0.39 is 0 Å². The molecule has 0 aliphatic rings. The van der Waals surface area contributed by atoms with Crippen LogP contribution in [0.2, 0.25) is 0 Å². The van der Waals surface area contributed by atoms with Crippen LogP contribution in [-0.2, 0) is 5.41 Å². The maximum absolute atomic E-state index is 12.2. The number of carbonyl (C=O) groups is 1. The predicted octanol–water partition coefficient (Wildman–Crippen LogP) is 4.91. The zero-order valence-electron chi connectivity index (χ0n) is 15.1. The highest BCUT2D eigenvalue weighted by Gasteiger charge is 2.21. The summed E-state index contributed by atoms with van der Waals surface area (Å²) in [4.78, 5) is 16.7. The molecule has 2 heterocycles. The molecule has 3 aromatic rings. The van der Waals surface area contributed by atoms with Crippen molar-refractivity contribution >= 4 is 22.8 Å². The Kier molecular flexibility index (Phi) is 4.29. The molecule has 0 bridgehead atoms. The van der Waals surface area contributed by atoms with Gasteiger partial charge in [-0.3, -0.25) is 0 Å². The fourth-order valence-electron chi connectivity index (χ4n) is 2.45. The molecular formula is C19H23N3O3. The topological polar surface area (TPSA) is 80.3 Å². The molecule has 2 aromatic heterocycles. The van der Waals surface area contributed by atoms with E-state index in [2.05, 4.69) is 15.6 Å². The summed E-state index contributed by atoms with van der Waals surface area (Å²) in [7, 11) is 0. The quantitative estimate of drug-likeness (QED) is 0.709. The Morgan fingerprint density at radius 2 is 1.92 bits per heavy atom. The molecular weight excluding hydrogens is 318 g/mol. The molecule has 0 saturated heterocycles. The lowest BCUT2D eigenvalue weighted by Gasteiger charge is -2.12. The van der Waals surface area contributed by atoms with Gasteiger partial charge in [0.2, 0.25) is 5.89 Å². The van der Waals surface area contributed by atoms with Gasteiger partial charge in [0.25, 0.3) is 0 Å². The first-order valence-corrected chi connectivity index (χ1v) is 8.27. The number of hydrogen-bond donors (Lipinski definition) is 2. The van der Waals surface area contributed by atoms with Gasteiger partial charge in [0.1, 0.15) is 17.0 Å². The van der Waals surface area contributed by atoms with E-state index in [4.69, 9.17) is 8.83 Å². The van der Waals surface area contributed by atoms with Crippen LogP contribution in [0.25, 0.3) is 11.1 Å². The van der Waals surface area contributed by atoms with Gasteiger partial charge < -0.3 is 19.5 Å². The zero-order valence-corrected chi connectivity index (χ0v) is 15.1. The first-order chi connectivity index (χ1) is 11.7. The highest BCUT2D eigenvalue weighted by atomic mass is 16.4. The number of benzene rings is 1. The van der Waals surface area contributed by atoms with E-state index in [1.165, 1.54) is 0 Å². The molecule has 0 fully saturated rings. The first-order valence-electron chi connectivity index (χ1n) is 8.27. The van der Waals surface area contributed by atoms with E-state index in [0.717, 1.165) is 17.0 Å². The molecule has 0 radical (unpaired) electrons. The molecule has 0 aliphatic carbocycles. The van der Waals surface area contributed by atoms with Crippen molar-refractivity contribution in [2.24, 2.45) is 0 Å². The summed E-state index contributed by atoms with van der Waals surface area (Å²) in [5.74, 6) is 2.20. The molecule has 2 amide bonds. The van der Waals surface area contributed by atoms with E-state index in [-0.39, 0.29) is 17.5 Å². The standard InChI is InChI=1S/C19H23N3O3/c1-11-6-8-15(24-11)12(2)20-18(23)21-13-7-9-16-14(10-13)22-17(25-16)19(3,4)5/h6-10,12H,1-5H3,(H2,20,21,23). The number of oxazole rings is 1. The van der Waals surface area contributed by atoms with Crippen LogP contribution in [0.5, 0.6) is 0 Å². The molecule has 0 aliphatic heterocycles. The summed E-state index contributed by atoms with van der Waals surface area (Å²) < 4.78 is 11.3. The van der Waals surface area contributed by atoms with Gasteiger partial charge in [-0.2, -0.15) is 0 Å². The first kappa shape index (κ1) is 17.1. The summed E-state index contributed by atoms with van der Waals surface area (Å²) in [5.41, 5.74) is 1.91. The molecule has 25 heavy (non-hydrogen) atoms. The minimum Gasteiger partial charge on any atom is -0.464 e. The molecule has 3 rings (SSSR count). The van der Waals surface area contributed by atoms with Gasteiger partial charge >= 0.3 is 6.03 Å². The van der Waals surface area contributed by atoms with Crippen molar-refractivity contribution in [2.75, 3.05) is 5.32 Å². The minimum absolute atomic E-state index is 0.166. The molecule has 0 saturated carbocycles. The second kappa shape index (κ2) is 6.27. The van der Waals surface area contributed by atoms with Gasteiger partial charge in [-0.1, -0.05) is 20.8 Å². The van der Waals surface area contributed by atoms with Crippen molar-refractivity contribution in [3.05, 3.63) is 47.7 Å². The minimum atomic E-state index is -0.305. The molecule has 1 atom stereocenters. The Hall–Kier alpha value is -2.76. The molecule has 0 spiro atoms. The van der Waals surface area contributed by atoms with Crippen molar-refractivity contribution in [2.45, 2.75) is 46.1 Å². The monoisotopic (exact) mass is 341 g/mol. The van der Waals surface area contributed by atoms with Crippen LogP contribution < -0.4 is 10.6 Å². The Balaban J connectivity index is 1.70. The van der Waals surface area contributed by atoms with E-state index in [0.29, 0.717) is 17.2 Å². The number of aromatic nitrogens is 1. The fourth-order valence-corrected chi connectivity index (χ4v) is 2.45. The van der Waals surface area contributed by atoms with Gasteiger partial charge in [-0.15, -0.1) is 0 Å². The number of nitrogens with one attached hydrogen (secondary N) is 2. The van der Waals surface area contributed by atoms with Crippen LogP contribution >= 0.6 is 0 Å². The number of amides is 2. The van der Waals surface area contributed by atoms with Crippen molar-refractivity contribution in [1.29, 1.82) is 0 Å². The van der Waals surface area contributed by atoms with Crippen LogP contribution in [0.1, 0.15) is 51.1 Å². The van der Waals surface area contributed by atoms with Crippen molar-refractivity contribution < 1.29 is 13.6 Å². The average molecular weight is 341 g/mol. The Labute approximate surface area is 146 Å². The Morgan fingerprint density at radius 1 is 1.16 bits per heavy atom. The number of anilines is 1. The maximum Gasteiger partial charge on any atom is 0.319 e. The smallest absolute Gasteiger partial charge is 0.319 e. The number of urea groups is 1. The molecule has 6 nitrogen and oxygen atoms in total. The van der Waals surface area contributed by atoms with Crippen LogP contribution in [-0.4, -0.2) is 11.0 Å². The van der Waals surface area contributed by atoms with Crippen LogP contribution in [0.4, 0.5) is 10.5 Å². The van der Waals surface area contributed by atoms with E-state index >= 15 is 0 Å². The van der Waals surface area contributed by atoms with Crippen molar-refractivity contribution in [3.8, 4) is 0 Å². The summed E-state index contributed by atoms with van der Waals surface area (Å²) in [6.07, 6.45) is 0. The Bertz CT molecular complexity index is 902. The third-order valence-electron chi connectivity index (χ3n) is 3.82. The second-order valence-corrected chi connectivity index (χ2v) is 7.22. The SMILES string of the molecule is Cc1ccc(C(C)NC(=O)Nc2ccc3oc(C(C)(C)C)nc3c2)o1. The highest BCUT2D eigenvalue weighted by Crippen LogP contribution is 2.27. The molecule has 1 unspecified atom stereocenters. The summed E-state index contributed by atoms with van der Waals surface area (Å²) in [5, 5.41) is 5.66. The number of furan rings is 1. The average Bonchev–Trinajstić information content (AvgIpc) is 3.12. The molecule has 132 valence electrons. The third kappa shape index (κ3) is 3.84. The highest BCUT2D eigenvalue weighted by molar-refractivity contribution is 5.91. The van der Waals surface area contributed by atoms with Crippen molar-refractivity contribution in [3.63, 3.8) is 0 Å². The number of fused-ring (bicyclic) bond motifs is 1. The lowest BCUT2D eigenvalue weighted by molar-refractivity contribution is 0.247. The van der Waals surface area contributed by atoms with E-state index in [1.807, 2.05) is 52.8 Å². The van der Waals surface area contributed by atoms with Gasteiger partial charge in [0.15, 0.2) is 5.58 Å². The lowest BCUT2D eigenvalue weighted by Crippen LogP contribution is -2.30. The van der Waals surface area contributed by atoms with Gasteiger partial charge in [-0.05, 0) is 44.2 Å². The molecule has 6 heteroatoms. The zero-order chi connectivity index (χ0) is 18.2. The predicted molar refractivity (Wildman–Crippen MR) is 96.7 cm³/mol.